The Morgan fingerprint density at radius 3 is 2.79 bits per heavy atom. The fraction of sp³-hybridized carbons (Fsp3) is 0.571. The van der Waals surface area contributed by atoms with E-state index in [2.05, 4.69) is 16.6 Å². The van der Waals surface area contributed by atoms with Gasteiger partial charge in [-0.25, -0.2) is 4.79 Å². The number of carboxylic acid groups (broad SMARTS) is 1. The number of nitrogens with zero attached hydrogens (tertiary/aromatic N) is 1. The summed E-state index contributed by atoms with van der Waals surface area (Å²) in [5.41, 5.74) is 2.45. The highest BCUT2D eigenvalue weighted by Crippen LogP contribution is 2.31. The lowest BCUT2D eigenvalue weighted by atomic mass is 10.1. The van der Waals surface area contributed by atoms with Crippen LogP contribution in [0.1, 0.15) is 41.0 Å². The second-order valence-electron chi connectivity index (χ2n) is 5.09. The molecule has 2 unspecified atom stereocenters. The Morgan fingerprint density at radius 2 is 2.21 bits per heavy atom. The number of hydrogen-bond donors (Lipinski definition) is 2. The fourth-order valence-electron chi connectivity index (χ4n) is 2.72. The van der Waals surface area contributed by atoms with Gasteiger partial charge in [-0.1, -0.05) is 0 Å². The third kappa shape index (κ3) is 3.21. The van der Waals surface area contributed by atoms with Gasteiger partial charge < -0.3 is 10.4 Å². The van der Waals surface area contributed by atoms with Gasteiger partial charge in [-0.05, 0) is 45.4 Å². The summed E-state index contributed by atoms with van der Waals surface area (Å²) in [7, 11) is 0. The van der Waals surface area contributed by atoms with Crippen LogP contribution in [0.3, 0.4) is 0 Å². The Hall–Kier alpha value is -1.23. The number of pyridine rings is 1. The second-order valence-corrected chi connectivity index (χ2v) is 6.23. The van der Waals surface area contributed by atoms with Crippen LogP contribution in [0.5, 0.6) is 0 Å². The van der Waals surface area contributed by atoms with E-state index in [4.69, 9.17) is 0 Å². The van der Waals surface area contributed by atoms with E-state index in [-0.39, 0.29) is 0 Å². The summed E-state index contributed by atoms with van der Waals surface area (Å²) in [6, 6.07) is 2.21. The van der Waals surface area contributed by atoms with Gasteiger partial charge in [0, 0.05) is 17.0 Å². The maximum absolute atomic E-state index is 11.4. The zero-order valence-electron chi connectivity index (χ0n) is 11.6. The van der Waals surface area contributed by atoms with Crippen molar-refractivity contribution in [2.75, 3.05) is 11.6 Å². The molecular weight excluding hydrogens is 260 g/mol. The summed E-state index contributed by atoms with van der Waals surface area (Å²) in [5.74, 6) is -0.910. The molecule has 1 aromatic rings. The summed E-state index contributed by atoms with van der Waals surface area (Å²) >= 11 is 1.89. The first-order valence-corrected chi connectivity index (χ1v) is 7.81. The van der Waals surface area contributed by atoms with Crippen LogP contribution in [0.25, 0.3) is 0 Å². The van der Waals surface area contributed by atoms with Gasteiger partial charge in [-0.2, -0.15) is 11.8 Å². The quantitative estimate of drug-likeness (QED) is 0.887. The molecule has 19 heavy (non-hydrogen) atoms. The number of rotatable bonds is 4. The van der Waals surface area contributed by atoms with Gasteiger partial charge in [0.1, 0.15) is 5.56 Å². The van der Waals surface area contributed by atoms with Crippen LogP contribution in [0.15, 0.2) is 6.07 Å². The van der Waals surface area contributed by atoms with Gasteiger partial charge >= 0.3 is 5.97 Å². The third-order valence-electron chi connectivity index (χ3n) is 3.62. The van der Waals surface area contributed by atoms with E-state index in [0.29, 0.717) is 28.2 Å². The molecule has 2 rings (SSSR count). The first kappa shape index (κ1) is 14.2. The lowest BCUT2D eigenvalue weighted by Gasteiger charge is -2.17. The first-order valence-electron chi connectivity index (χ1n) is 6.52. The van der Waals surface area contributed by atoms with Crippen molar-refractivity contribution >= 4 is 23.4 Å². The molecule has 1 aliphatic rings. The highest BCUT2D eigenvalue weighted by molar-refractivity contribution is 7.99. The van der Waals surface area contributed by atoms with Crippen molar-refractivity contribution in [1.82, 2.24) is 4.98 Å². The number of aromatic nitrogens is 1. The SMILES string of the molecule is CSC1CCC(Nc2cc(C)nc(C)c2C(=O)O)C1. The largest absolute Gasteiger partial charge is 0.478 e. The van der Waals surface area contributed by atoms with Gasteiger partial charge in [0.15, 0.2) is 0 Å². The molecule has 0 radical (unpaired) electrons. The van der Waals surface area contributed by atoms with E-state index < -0.39 is 5.97 Å². The Morgan fingerprint density at radius 1 is 1.47 bits per heavy atom. The maximum atomic E-state index is 11.4. The molecule has 0 bridgehead atoms. The summed E-state index contributed by atoms with van der Waals surface area (Å²) in [6.07, 6.45) is 5.53. The second kappa shape index (κ2) is 5.82. The van der Waals surface area contributed by atoms with Gasteiger partial charge in [-0.15, -0.1) is 0 Å². The van der Waals surface area contributed by atoms with Crippen LogP contribution in [0, 0.1) is 13.8 Å². The highest BCUT2D eigenvalue weighted by Gasteiger charge is 2.25. The number of hydrogen-bond acceptors (Lipinski definition) is 4. The number of anilines is 1. The van der Waals surface area contributed by atoms with E-state index in [1.54, 1.807) is 6.92 Å². The summed E-state index contributed by atoms with van der Waals surface area (Å²) in [5, 5.41) is 13.4. The number of carboxylic acids is 1. The number of aromatic carboxylic acids is 1. The van der Waals surface area contributed by atoms with Crippen LogP contribution in [-0.4, -0.2) is 33.6 Å². The lowest BCUT2D eigenvalue weighted by molar-refractivity contribution is 0.0696. The minimum atomic E-state index is -0.910. The lowest BCUT2D eigenvalue weighted by Crippen LogP contribution is -2.19. The van der Waals surface area contributed by atoms with Crippen molar-refractivity contribution in [2.24, 2.45) is 0 Å². The monoisotopic (exact) mass is 280 g/mol. The number of nitrogens with one attached hydrogen (secondary N) is 1. The van der Waals surface area contributed by atoms with E-state index in [0.717, 1.165) is 18.5 Å². The molecule has 0 aromatic carbocycles. The predicted molar refractivity (Wildman–Crippen MR) is 79.2 cm³/mol. The van der Waals surface area contributed by atoms with Crippen LogP contribution in [0.4, 0.5) is 5.69 Å². The summed E-state index contributed by atoms with van der Waals surface area (Å²) < 4.78 is 0. The molecule has 2 N–H and O–H groups in total. The normalized spacial score (nSPS) is 22.5. The molecular formula is C14H20N2O2S. The molecule has 0 spiro atoms. The van der Waals surface area contributed by atoms with Crippen LogP contribution in [0.2, 0.25) is 0 Å². The van der Waals surface area contributed by atoms with Crippen molar-refractivity contribution in [3.8, 4) is 0 Å². The van der Waals surface area contributed by atoms with Crippen molar-refractivity contribution in [3.63, 3.8) is 0 Å². The van der Waals surface area contributed by atoms with Gasteiger partial charge in [0.25, 0.3) is 0 Å². The van der Waals surface area contributed by atoms with Crippen LogP contribution < -0.4 is 5.32 Å². The van der Waals surface area contributed by atoms with Crippen molar-refractivity contribution < 1.29 is 9.90 Å². The third-order valence-corrected chi connectivity index (χ3v) is 4.71. The molecule has 1 aliphatic carbocycles. The summed E-state index contributed by atoms with van der Waals surface area (Å²) in [6.45, 7) is 3.64. The minimum absolute atomic E-state index is 0.304. The van der Waals surface area contributed by atoms with Crippen molar-refractivity contribution in [3.05, 3.63) is 23.0 Å². The van der Waals surface area contributed by atoms with E-state index in [9.17, 15) is 9.90 Å². The number of carbonyl (C=O) groups is 1. The Bertz CT molecular complexity index is 491. The Balaban J connectivity index is 2.22. The average molecular weight is 280 g/mol. The van der Waals surface area contributed by atoms with Gasteiger partial charge in [0.2, 0.25) is 0 Å². The molecule has 4 nitrogen and oxygen atoms in total. The van der Waals surface area contributed by atoms with E-state index >= 15 is 0 Å². The molecule has 1 fully saturated rings. The molecule has 5 heteroatoms. The summed E-state index contributed by atoms with van der Waals surface area (Å²) in [4.78, 5) is 15.6. The predicted octanol–water partition coefficient (Wildman–Crippen LogP) is 3.09. The van der Waals surface area contributed by atoms with E-state index in [1.807, 2.05) is 24.8 Å². The molecule has 0 aliphatic heterocycles. The highest BCUT2D eigenvalue weighted by atomic mass is 32.2. The molecule has 0 saturated heterocycles. The average Bonchev–Trinajstić information content (AvgIpc) is 2.75. The molecule has 0 amide bonds. The number of aryl methyl sites for hydroxylation is 2. The Labute approximate surface area is 118 Å². The zero-order chi connectivity index (χ0) is 14.0. The Kier molecular flexibility index (Phi) is 4.34. The molecule has 1 saturated carbocycles. The van der Waals surface area contributed by atoms with Crippen molar-refractivity contribution in [1.29, 1.82) is 0 Å². The van der Waals surface area contributed by atoms with E-state index in [1.165, 1.54) is 6.42 Å². The molecule has 2 atom stereocenters. The van der Waals surface area contributed by atoms with Gasteiger partial charge in [-0.3, -0.25) is 4.98 Å². The van der Waals surface area contributed by atoms with Crippen LogP contribution >= 0.6 is 11.8 Å². The van der Waals surface area contributed by atoms with Crippen LogP contribution in [-0.2, 0) is 0 Å². The van der Waals surface area contributed by atoms with Crippen molar-refractivity contribution in [2.45, 2.75) is 44.4 Å². The number of thioether (sulfide) groups is 1. The smallest absolute Gasteiger partial charge is 0.339 e. The zero-order valence-corrected chi connectivity index (χ0v) is 12.4. The molecule has 104 valence electrons. The van der Waals surface area contributed by atoms with Gasteiger partial charge in [0.05, 0.1) is 11.4 Å². The minimum Gasteiger partial charge on any atom is -0.478 e. The molecule has 1 heterocycles. The maximum Gasteiger partial charge on any atom is 0.339 e. The first-order chi connectivity index (χ1) is 9.01. The fourth-order valence-corrected chi connectivity index (χ4v) is 3.51. The standard InChI is InChI=1S/C14H20N2O2S/c1-8-6-12(13(14(17)18)9(2)15-8)16-10-4-5-11(7-10)19-3/h6,10-11H,4-5,7H2,1-3H3,(H,15,16)(H,17,18). The molecule has 1 aromatic heterocycles. The topological polar surface area (TPSA) is 62.2 Å².